The zero-order valence-corrected chi connectivity index (χ0v) is 14.6. The summed E-state index contributed by atoms with van der Waals surface area (Å²) < 4.78 is 5.40. The molecule has 0 aliphatic carbocycles. The van der Waals surface area contributed by atoms with Crippen molar-refractivity contribution in [2.75, 3.05) is 12.4 Å². The molecule has 0 aliphatic rings. The second-order valence-electron chi connectivity index (χ2n) is 5.57. The maximum absolute atomic E-state index is 12.3. The van der Waals surface area contributed by atoms with Gasteiger partial charge in [0.1, 0.15) is 5.75 Å². The summed E-state index contributed by atoms with van der Waals surface area (Å²) in [4.78, 5) is 16.8. The summed E-state index contributed by atoms with van der Waals surface area (Å²) in [6.45, 7) is 3.98. The van der Waals surface area contributed by atoms with Crippen molar-refractivity contribution in [2.24, 2.45) is 0 Å². The minimum atomic E-state index is -0.157. The minimum absolute atomic E-state index is 0.157. The van der Waals surface area contributed by atoms with E-state index >= 15 is 0 Å². The van der Waals surface area contributed by atoms with Gasteiger partial charge in [0.2, 0.25) is 0 Å². The maximum atomic E-state index is 12.3. The van der Waals surface area contributed by atoms with E-state index in [1.165, 1.54) is 11.3 Å². The van der Waals surface area contributed by atoms with E-state index in [1.807, 2.05) is 55.6 Å². The smallest absolute Gasteiger partial charge is 0.257 e. The van der Waals surface area contributed by atoms with Crippen molar-refractivity contribution in [1.29, 1.82) is 0 Å². The van der Waals surface area contributed by atoms with E-state index in [0.29, 0.717) is 10.7 Å². The zero-order valence-electron chi connectivity index (χ0n) is 13.8. The molecule has 1 aromatic heterocycles. The number of hydrogen-bond donors (Lipinski definition) is 1. The fraction of sp³-hybridized carbons (Fsp3) is 0.158. The highest BCUT2D eigenvalue weighted by molar-refractivity contribution is 7.14. The van der Waals surface area contributed by atoms with Gasteiger partial charge < -0.3 is 4.74 Å². The number of thiazole rings is 1. The monoisotopic (exact) mass is 338 g/mol. The molecule has 3 rings (SSSR count). The quantitative estimate of drug-likeness (QED) is 0.751. The Morgan fingerprint density at radius 1 is 1.12 bits per heavy atom. The van der Waals surface area contributed by atoms with Gasteiger partial charge >= 0.3 is 0 Å². The van der Waals surface area contributed by atoms with Gasteiger partial charge in [0.15, 0.2) is 5.13 Å². The Bertz CT molecular complexity index is 887. The SMILES string of the molecule is COc1ccc(C)cc1-c1csc(NC(=O)c2cccc(C)c2)n1. The molecule has 1 amide bonds. The van der Waals surface area contributed by atoms with E-state index in [4.69, 9.17) is 4.74 Å². The Labute approximate surface area is 145 Å². The molecule has 0 atom stereocenters. The third-order valence-corrected chi connectivity index (χ3v) is 4.39. The lowest BCUT2D eigenvalue weighted by Gasteiger charge is -2.07. The Morgan fingerprint density at radius 2 is 1.92 bits per heavy atom. The summed E-state index contributed by atoms with van der Waals surface area (Å²) in [6, 6.07) is 13.4. The first-order valence-corrected chi connectivity index (χ1v) is 8.43. The zero-order chi connectivity index (χ0) is 17.1. The molecular weight excluding hydrogens is 320 g/mol. The molecule has 4 nitrogen and oxygen atoms in total. The van der Waals surface area contributed by atoms with Gasteiger partial charge in [-0.15, -0.1) is 11.3 Å². The number of nitrogens with zero attached hydrogens (tertiary/aromatic N) is 1. The molecule has 1 heterocycles. The summed E-state index contributed by atoms with van der Waals surface area (Å²) in [5, 5.41) is 5.34. The van der Waals surface area contributed by atoms with Crippen molar-refractivity contribution in [2.45, 2.75) is 13.8 Å². The van der Waals surface area contributed by atoms with Gasteiger partial charge in [0, 0.05) is 16.5 Å². The van der Waals surface area contributed by atoms with Crippen LogP contribution in [-0.4, -0.2) is 18.0 Å². The van der Waals surface area contributed by atoms with Crippen molar-refractivity contribution < 1.29 is 9.53 Å². The molecule has 0 spiro atoms. The summed E-state index contributed by atoms with van der Waals surface area (Å²) in [5.41, 5.74) is 4.51. The Morgan fingerprint density at radius 3 is 2.67 bits per heavy atom. The molecule has 0 saturated heterocycles. The standard InChI is InChI=1S/C19H18N2O2S/c1-12-5-4-6-14(9-12)18(22)21-19-20-16(11-24-19)15-10-13(2)7-8-17(15)23-3/h4-11H,1-3H3,(H,20,21,22). The predicted molar refractivity (Wildman–Crippen MR) is 98.0 cm³/mol. The molecule has 0 saturated carbocycles. The molecule has 0 radical (unpaired) electrons. The maximum Gasteiger partial charge on any atom is 0.257 e. The van der Waals surface area contributed by atoms with Crippen LogP contribution in [0.3, 0.4) is 0 Å². The molecule has 0 aliphatic heterocycles. The first-order valence-electron chi connectivity index (χ1n) is 7.55. The van der Waals surface area contributed by atoms with Crippen molar-refractivity contribution >= 4 is 22.4 Å². The Balaban J connectivity index is 1.84. The van der Waals surface area contributed by atoms with E-state index < -0.39 is 0 Å². The number of carbonyl (C=O) groups excluding carboxylic acids is 1. The highest BCUT2D eigenvalue weighted by atomic mass is 32.1. The number of methoxy groups -OCH3 is 1. The number of anilines is 1. The number of rotatable bonds is 4. The third-order valence-electron chi connectivity index (χ3n) is 3.64. The lowest BCUT2D eigenvalue weighted by Crippen LogP contribution is -2.11. The number of hydrogen-bond acceptors (Lipinski definition) is 4. The van der Waals surface area contributed by atoms with Gasteiger partial charge in [-0.05, 0) is 38.1 Å². The summed E-state index contributed by atoms with van der Waals surface area (Å²) in [7, 11) is 1.64. The topological polar surface area (TPSA) is 51.2 Å². The van der Waals surface area contributed by atoms with Crippen LogP contribution in [0.2, 0.25) is 0 Å². The average molecular weight is 338 g/mol. The van der Waals surface area contributed by atoms with E-state index in [9.17, 15) is 4.79 Å². The van der Waals surface area contributed by atoms with Crippen LogP contribution in [0.25, 0.3) is 11.3 Å². The lowest BCUT2D eigenvalue weighted by atomic mass is 10.1. The first kappa shape index (κ1) is 16.2. The highest BCUT2D eigenvalue weighted by Crippen LogP contribution is 2.33. The molecule has 0 unspecified atom stereocenters. The van der Waals surface area contributed by atoms with Gasteiger partial charge in [-0.1, -0.05) is 29.3 Å². The molecule has 0 bridgehead atoms. The van der Waals surface area contributed by atoms with E-state index in [2.05, 4.69) is 10.3 Å². The van der Waals surface area contributed by atoms with Gasteiger partial charge in [0.25, 0.3) is 5.91 Å². The number of carbonyl (C=O) groups is 1. The van der Waals surface area contributed by atoms with Crippen LogP contribution in [0.5, 0.6) is 5.75 Å². The van der Waals surface area contributed by atoms with Crippen LogP contribution in [-0.2, 0) is 0 Å². The number of aryl methyl sites for hydroxylation is 2. The molecular formula is C19H18N2O2S. The number of aromatic nitrogens is 1. The molecule has 3 aromatic rings. The fourth-order valence-corrected chi connectivity index (χ4v) is 3.14. The number of ether oxygens (including phenoxy) is 1. The largest absolute Gasteiger partial charge is 0.496 e. The van der Waals surface area contributed by atoms with E-state index in [-0.39, 0.29) is 5.91 Å². The Kier molecular flexibility index (Phi) is 4.62. The first-order chi connectivity index (χ1) is 11.6. The van der Waals surface area contributed by atoms with Crippen LogP contribution >= 0.6 is 11.3 Å². The van der Waals surface area contributed by atoms with Crippen LogP contribution in [0.4, 0.5) is 5.13 Å². The molecule has 2 aromatic carbocycles. The predicted octanol–water partition coefficient (Wildman–Crippen LogP) is 4.69. The van der Waals surface area contributed by atoms with Crippen molar-refractivity contribution in [1.82, 2.24) is 4.98 Å². The molecule has 0 fully saturated rings. The fourth-order valence-electron chi connectivity index (χ4n) is 2.43. The second kappa shape index (κ2) is 6.84. The van der Waals surface area contributed by atoms with Gasteiger partial charge in [-0.25, -0.2) is 4.98 Å². The number of nitrogens with one attached hydrogen (secondary N) is 1. The van der Waals surface area contributed by atoms with Crippen molar-refractivity contribution in [3.8, 4) is 17.0 Å². The number of amides is 1. The number of benzene rings is 2. The summed E-state index contributed by atoms with van der Waals surface area (Å²) in [6.07, 6.45) is 0. The average Bonchev–Trinajstić information content (AvgIpc) is 3.03. The normalized spacial score (nSPS) is 10.5. The van der Waals surface area contributed by atoms with Crippen molar-refractivity contribution in [3.05, 3.63) is 64.5 Å². The Hall–Kier alpha value is -2.66. The minimum Gasteiger partial charge on any atom is -0.496 e. The van der Waals surface area contributed by atoms with Gasteiger partial charge in [-0.2, -0.15) is 0 Å². The van der Waals surface area contributed by atoms with Gasteiger partial charge in [0.05, 0.1) is 12.8 Å². The molecule has 122 valence electrons. The van der Waals surface area contributed by atoms with Crippen LogP contribution in [0, 0.1) is 13.8 Å². The molecule has 24 heavy (non-hydrogen) atoms. The van der Waals surface area contributed by atoms with E-state index in [0.717, 1.165) is 28.1 Å². The molecule has 1 N–H and O–H groups in total. The van der Waals surface area contributed by atoms with Gasteiger partial charge in [-0.3, -0.25) is 10.1 Å². The van der Waals surface area contributed by atoms with Crippen LogP contribution in [0.15, 0.2) is 47.8 Å². The summed E-state index contributed by atoms with van der Waals surface area (Å²) in [5.74, 6) is 0.610. The second-order valence-corrected chi connectivity index (χ2v) is 6.42. The van der Waals surface area contributed by atoms with E-state index in [1.54, 1.807) is 13.2 Å². The third kappa shape index (κ3) is 3.46. The van der Waals surface area contributed by atoms with Crippen LogP contribution < -0.4 is 10.1 Å². The van der Waals surface area contributed by atoms with Crippen LogP contribution in [0.1, 0.15) is 21.5 Å². The molecule has 5 heteroatoms. The lowest BCUT2D eigenvalue weighted by molar-refractivity contribution is 0.102. The highest BCUT2D eigenvalue weighted by Gasteiger charge is 2.13. The summed E-state index contributed by atoms with van der Waals surface area (Å²) >= 11 is 1.40. The van der Waals surface area contributed by atoms with Crippen molar-refractivity contribution in [3.63, 3.8) is 0 Å².